The Morgan fingerprint density at radius 1 is 1.31 bits per heavy atom. The van der Waals surface area contributed by atoms with E-state index in [-0.39, 0.29) is 0 Å². The van der Waals surface area contributed by atoms with Crippen LogP contribution in [0.25, 0.3) is 0 Å². The standard InChI is InChI=1S/C11H19NS/c1-9-8-11(13-10(9)2)6-5-7-12(3)4/h8H,5-7H2,1-4H3. The molecule has 0 atom stereocenters. The van der Waals surface area contributed by atoms with Gasteiger partial charge in [-0.15, -0.1) is 11.3 Å². The molecule has 0 aliphatic rings. The number of rotatable bonds is 4. The minimum Gasteiger partial charge on any atom is -0.309 e. The van der Waals surface area contributed by atoms with Crippen LogP contribution < -0.4 is 0 Å². The Morgan fingerprint density at radius 2 is 2.00 bits per heavy atom. The summed E-state index contributed by atoms with van der Waals surface area (Å²) in [5.41, 5.74) is 1.45. The lowest BCUT2D eigenvalue weighted by Gasteiger charge is -2.07. The molecule has 0 radical (unpaired) electrons. The first-order valence-electron chi connectivity index (χ1n) is 4.80. The molecule has 0 aliphatic heterocycles. The first kappa shape index (κ1) is 10.7. The fourth-order valence-corrected chi connectivity index (χ4v) is 2.44. The minimum atomic E-state index is 1.19. The van der Waals surface area contributed by atoms with Crippen molar-refractivity contribution in [1.29, 1.82) is 0 Å². The van der Waals surface area contributed by atoms with E-state index in [0.29, 0.717) is 0 Å². The van der Waals surface area contributed by atoms with Crippen LogP contribution in [0.2, 0.25) is 0 Å². The van der Waals surface area contributed by atoms with Crippen molar-refractivity contribution in [1.82, 2.24) is 4.90 Å². The normalized spacial score (nSPS) is 11.2. The van der Waals surface area contributed by atoms with Crippen molar-refractivity contribution in [3.05, 3.63) is 21.4 Å². The molecule has 1 heterocycles. The van der Waals surface area contributed by atoms with Gasteiger partial charge in [0.05, 0.1) is 0 Å². The summed E-state index contributed by atoms with van der Waals surface area (Å²) < 4.78 is 0. The molecule has 0 fully saturated rings. The zero-order valence-electron chi connectivity index (χ0n) is 9.05. The number of aryl methyl sites for hydroxylation is 3. The first-order valence-corrected chi connectivity index (χ1v) is 5.62. The predicted octanol–water partition coefficient (Wildman–Crippen LogP) is 2.86. The zero-order valence-corrected chi connectivity index (χ0v) is 9.87. The third-order valence-electron chi connectivity index (χ3n) is 2.25. The van der Waals surface area contributed by atoms with E-state index in [9.17, 15) is 0 Å². The highest BCUT2D eigenvalue weighted by molar-refractivity contribution is 7.12. The second-order valence-corrected chi connectivity index (χ2v) is 5.20. The van der Waals surface area contributed by atoms with Crippen molar-refractivity contribution in [2.24, 2.45) is 0 Å². The number of hydrogen-bond donors (Lipinski definition) is 0. The van der Waals surface area contributed by atoms with Crippen LogP contribution in [-0.2, 0) is 6.42 Å². The maximum atomic E-state index is 2.33. The van der Waals surface area contributed by atoms with Gasteiger partial charge in [0.2, 0.25) is 0 Å². The first-order chi connectivity index (χ1) is 6.09. The summed E-state index contributed by atoms with van der Waals surface area (Å²) in [5, 5.41) is 0. The minimum absolute atomic E-state index is 1.19. The van der Waals surface area contributed by atoms with Crippen LogP contribution in [0, 0.1) is 13.8 Å². The van der Waals surface area contributed by atoms with Gasteiger partial charge in [-0.1, -0.05) is 0 Å². The van der Waals surface area contributed by atoms with Crippen molar-refractivity contribution in [2.75, 3.05) is 20.6 Å². The molecule has 2 heteroatoms. The molecule has 0 saturated carbocycles. The maximum Gasteiger partial charge on any atom is 0.00512 e. The lowest BCUT2D eigenvalue weighted by molar-refractivity contribution is 0.401. The second-order valence-electron chi connectivity index (χ2n) is 3.86. The Labute approximate surface area is 85.4 Å². The van der Waals surface area contributed by atoms with Gasteiger partial charge < -0.3 is 4.90 Å². The molecule has 0 amide bonds. The molecule has 1 aromatic rings. The van der Waals surface area contributed by atoms with Crippen LogP contribution in [-0.4, -0.2) is 25.5 Å². The summed E-state index contributed by atoms with van der Waals surface area (Å²) in [5.74, 6) is 0. The van der Waals surface area contributed by atoms with Gasteiger partial charge in [-0.2, -0.15) is 0 Å². The second kappa shape index (κ2) is 4.77. The zero-order chi connectivity index (χ0) is 9.84. The molecule has 1 aromatic heterocycles. The van der Waals surface area contributed by atoms with Crippen LogP contribution in [0.15, 0.2) is 6.07 Å². The summed E-state index contributed by atoms with van der Waals surface area (Å²) in [6.07, 6.45) is 2.50. The maximum absolute atomic E-state index is 2.33. The van der Waals surface area contributed by atoms with E-state index in [1.165, 1.54) is 34.7 Å². The van der Waals surface area contributed by atoms with Gasteiger partial charge in [0.1, 0.15) is 0 Å². The quantitative estimate of drug-likeness (QED) is 0.717. The summed E-state index contributed by atoms with van der Waals surface area (Å²) in [4.78, 5) is 5.25. The van der Waals surface area contributed by atoms with Gasteiger partial charge in [0.25, 0.3) is 0 Å². The number of nitrogens with zero attached hydrogens (tertiary/aromatic N) is 1. The molecular weight excluding hydrogens is 178 g/mol. The van der Waals surface area contributed by atoms with Crippen molar-refractivity contribution in [3.8, 4) is 0 Å². The molecule has 0 bridgehead atoms. The van der Waals surface area contributed by atoms with Gasteiger partial charge in [-0.05, 0) is 59.0 Å². The molecule has 74 valence electrons. The lowest BCUT2D eigenvalue weighted by atomic mass is 10.2. The van der Waals surface area contributed by atoms with E-state index in [1.807, 2.05) is 11.3 Å². The Morgan fingerprint density at radius 3 is 2.46 bits per heavy atom. The van der Waals surface area contributed by atoms with Crippen LogP contribution in [0.4, 0.5) is 0 Å². The number of hydrogen-bond acceptors (Lipinski definition) is 2. The third-order valence-corrected chi connectivity index (χ3v) is 3.46. The average molecular weight is 197 g/mol. The van der Waals surface area contributed by atoms with Gasteiger partial charge >= 0.3 is 0 Å². The van der Waals surface area contributed by atoms with E-state index < -0.39 is 0 Å². The largest absolute Gasteiger partial charge is 0.309 e. The molecule has 0 N–H and O–H groups in total. The van der Waals surface area contributed by atoms with Gasteiger partial charge in [0.15, 0.2) is 0 Å². The van der Waals surface area contributed by atoms with Crippen molar-refractivity contribution < 1.29 is 0 Å². The number of thiophene rings is 1. The highest BCUT2D eigenvalue weighted by atomic mass is 32.1. The van der Waals surface area contributed by atoms with Crippen LogP contribution in [0.3, 0.4) is 0 Å². The van der Waals surface area contributed by atoms with E-state index in [0.717, 1.165) is 0 Å². The van der Waals surface area contributed by atoms with E-state index in [1.54, 1.807) is 0 Å². The molecular formula is C11H19NS. The fourth-order valence-electron chi connectivity index (χ4n) is 1.34. The molecule has 1 nitrogen and oxygen atoms in total. The highest BCUT2D eigenvalue weighted by Gasteiger charge is 2.01. The summed E-state index contributed by atoms with van der Waals surface area (Å²) in [7, 11) is 4.26. The van der Waals surface area contributed by atoms with Crippen molar-refractivity contribution >= 4 is 11.3 Å². The van der Waals surface area contributed by atoms with Crippen LogP contribution in [0.5, 0.6) is 0 Å². The SMILES string of the molecule is Cc1cc(CCCN(C)C)sc1C. The van der Waals surface area contributed by atoms with Crippen LogP contribution in [0.1, 0.15) is 21.7 Å². The average Bonchev–Trinajstić information content (AvgIpc) is 2.30. The molecule has 0 aliphatic carbocycles. The highest BCUT2D eigenvalue weighted by Crippen LogP contribution is 2.21. The van der Waals surface area contributed by atoms with E-state index in [4.69, 9.17) is 0 Å². The van der Waals surface area contributed by atoms with Gasteiger partial charge in [0, 0.05) is 9.75 Å². The molecule has 13 heavy (non-hydrogen) atoms. The molecule has 0 spiro atoms. The topological polar surface area (TPSA) is 3.24 Å². The van der Waals surface area contributed by atoms with E-state index in [2.05, 4.69) is 38.9 Å². The van der Waals surface area contributed by atoms with Gasteiger partial charge in [-0.25, -0.2) is 0 Å². The monoisotopic (exact) mass is 197 g/mol. The molecule has 0 aromatic carbocycles. The van der Waals surface area contributed by atoms with Crippen molar-refractivity contribution in [3.63, 3.8) is 0 Å². The molecule has 1 rings (SSSR count). The summed E-state index contributed by atoms with van der Waals surface area (Å²) in [6.45, 7) is 5.59. The predicted molar refractivity (Wildman–Crippen MR) is 60.7 cm³/mol. The van der Waals surface area contributed by atoms with Crippen LogP contribution >= 0.6 is 11.3 Å². The van der Waals surface area contributed by atoms with Gasteiger partial charge in [-0.3, -0.25) is 0 Å². The molecule has 0 saturated heterocycles. The lowest BCUT2D eigenvalue weighted by Crippen LogP contribution is -2.13. The Hall–Kier alpha value is -0.340. The third kappa shape index (κ3) is 3.49. The Kier molecular flexibility index (Phi) is 3.94. The Balaban J connectivity index is 2.37. The smallest absolute Gasteiger partial charge is 0.00512 e. The summed E-state index contributed by atoms with van der Waals surface area (Å²) >= 11 is 1.95. The van der Waals surface area contributed by atoms with Crippen molar-refractivity contribution in [2.45, 2.75) is 26.7 Å². The Bertz CT molecular complexity index is 244. The van der Waals surface area contributed by atoms with E-state index >= 15 is 0 Å². The summed E-state index contributed by atoms with van der Waals surface area (Å²) in [6, 6.07) is 2.33. The fraction of sp³-hybridized carbons (Fsp3) is 0.636. The molecule has 0 unspecified atom stereocenters.